The molecular formula is C3H17NO11P2. The molecule has 0 bridgehead atoms. The van der Waals surface area contributed by atoms with E-state index in [2.05, 4.69) is 0 Å². The zero-order valence-corrected chi connectivity index (χ0v) is 10.3. The molecule has 17 heavy (non-hydrogen) atoms. The highest BCUT2D eigenvalue weighted by atomic mass is 31.2. The fourth-order valence-electron chi connectivity index (χ4n) is 0. The maximum absolute atomic E-state index is 8.88. The lowest BCUT2D eigenvalue weighted by Gasteiger charge is -1.82. The van der Waals surface area contributed by atoms with E-state index in [1.165, 1.54) is 0 Å². The van der Waals surface area contributed by atoms with Gasteiger partial charge in [-0.05, 0) is 0 Å². The second kappa shape index (κ2) is 18.0. The van der Waals surface area contributed by atoms with Gasteiger partial charge in [-0.15, -0.1) is 0 Å². The summed E-state index contributed by atoms with van der Waals surface area (Å²) in [6.45, 7) is 1.82. The molecule has 0 spiro atoms. The highest BCUT2D eigenvalue weighted by Gasteiger charge is 2.00. The monoisotopic (exact) mass is 305 g/mol. The second-order valence-electron chi connectivity index (χ2n) is 1.54. The molecule has 12 nitrogen and oxygen atoms in total. The van der Waals surface area contributed by atoms with Gasteiger partial charge in [-0.25, -0.2) is 9.13 Å². The summed E-state index contributed by atoms with van der Waals surface area (Å²) in [5.74, 6) is 0. The van der Waals surface area contributed by atoms with Crippen molar-refractivity contribution >= 4 is 15.6 Å². The Bertz CT molecular complexity index is 211. The smallest absolute Gasteiger partial charge is 0.412 e. The molecule has 110 valence electrons. The van der Waals surface area contributed by atoms with Crippen LogP contribution in [0.15, 0.2) is 0 Å². The van der Waals surface area contributed by atoms with Gasteiger partial charge in [0.1, 0.15) is 0 Å². The highest BCUT2D eigenvalue weighted by molar-refractivity contribution is 7.45. The van der Waals surface area contributed by atoms with Crippen LogP contribution in [0, 0.1) is 11.3 Å². The van der Waals surface area contributed by atoms with Crippen molar-refractivity contribution < 1.29 is 54.9 Å². The van der Waals surface area contributed by atoms with Crippen molar-refractivity contribution in [1.82, 2.24) is 0 Å². The lowest BCUT2D eigenvalue weighted by atomic mass is 10.6. The highest BCUT2D eigenvalue weighted by Crippen LogP contribution is 2.26. The van der Waals surface area contributed by atoms with Crippen molar-refractivity contribution in [1.29, 1.82) is 5.26 Å². The van der Waals surface area contributed by atoms with Gasteiger partial charge in [0, 0.05) is 6.42 Å². The van der Waals surface area contributed by atoms with Crippen LogP contribution in [0.3, 0.4) is 0 Å². The van der Waals surface area contributed by atoms with Crippen LogP contribution in [-0.4, -0.2) is 45.8 Å². The first-order valence-electron chi connectivity index (χ1n) is 2.85. The number of phosphoric acid groups is 2. The summed E-state index contributed by atoms with van der Waals surface area (Å²) < 4.78 is 17.8. The van der Waals surface area contributed by atoms with E-state index in [0.29, 0.717) is 6.42 Å². The van der Waals surface area contributed by atoms with Gasteiger partial charge in [-0.3, -0.25) is 0 Å². The molecule has 0 saturated carbocycles. The van der Waals surface area contributed by atoms with Gasteiger partial charge >= 0.3 is 15.6 Å². The van der Waals surface area contributed by atoms with Gasteiger partial charge in [0.25, 0.3) is 0 Å². The van der Waals surface area contributed by atoms with Gasteiger partial charge in [0.05, 0.1) is 6.07 Å². The predicted octanol–water partition coefficient (Wildman–Crippen LogP) is -3.41. The molecule has 0 saturated heterocycles. The minimum absolute atomic E-state index is 0. The third-order valence-corrected chi connectivity index (χ3v) is 0.158. The Kier molecular flexibility index (Phi) is 38.0. The van der Waals surface area contributed by atoms with E-state index in [0.717, 1.165) is 0 Å². The Balaban J connectivity index is -0.0000000247. The van der Waals surface area contributed by atoms with Gasteiger partial charge in [0.2, 0.25) is 0 Å². The van der Waals surface area contributed by atoms with E-state index in [1.807, 2.05) is 13.0 Å². The normalized spacial score (nSPS) is 8.12. The molecule has 0 heterocycles. The summed E-state index contributed by atoms with van der Waals surface area (Å²) in [4.78, 5) is 43.1. The van der Waals surface area contributed by atoms with Crippen molar-refractivity contribution in [2.45, 2.75) is 13.3 Å². The molecule has 12 N–H and O–H groups in total. The fraction of sp³-hybridized carbons (Fsp3) is 0.667. The zero-order chi connectivity index (χ0) is 12.4. The van der Waals surface area contributed by atoms with E-state index in [9.17, 15) is 0 Å². The molecule has 0 aromatic rings. The summed E-state index contributed by atoms with van der Waals surface area (Å²) in [5.41, 5.74) is 0. The Morgan fingerprint density at radius 3 is 0.941 bits per heavy atom. The van der Waals surface area contributed by atoms with Gasteiger partial charge < -0.3 is 45.8 Å². The van der Waals surface area contributed by atoms with Crippen LogP contribution in [0.4, 0.5) is 0 Å². The molecule has 0 amide bonds. The maximum Gasteiger partial charge on any atom is 0.466 e. The number of hydrogen-bond acceptors (Lipinski definition) is 3. The van der Waals surface area contributed by atoms with Gasteiger partial charge in [0.15, 0.2) is 0 Å². The molecule has 0 aliphatic rings. The first kappa shape index (κ1) is 36.0. The molecule has 0 fully saturated rings. The molecule has 0 aliphatic heterocycles. The number of nitriles is 1. The van der Waals surface area contributed by atoms with Crippen LogP contribution >= 0.6 is 15.6 Å². The Morgan fingerprint density at radius 1 is 0.882 bits per heavy atom. The van der Waals surface area contributed by atoms with Crippen molar-refractivity contribution in [2.24, 2.45) is 0 Å². The van der Waals surface area contributed by atoms with Crippen LogP contribution in [0.5, 0.6) is 0 Å². The number of rotatable bonds is 0. The average molecular weight is 305 g/mol. The summed E-state index contributed by atoms with van der Waals surface area (Å²) in [5, 5.41) is 7.62. The van der Waals surface area contributed by atoms with Crippen LogP contribution in [0.2, 0.25) is 0 Å². The third kappa shape index (κ3) is 8270. The third-order valence-electron chi connectivity index (χ3n) is 0.158. The number of hydrogen-bond donors (Lipinski definition) is 6. The molecule has 0 aromatic heterocycles. The second-order valence-corrected chi connectivity index (χ2v) is 3.59. The van der Waals surface area contributed by atoms with Crippen molar-refractivity contribution in [2.75, 3.05) is 0 Å². The predicted molar refractivity (Wildman–Crippen MR) is 55.3 cm³/mol. The van der Waals surface area contributed by atoms with Crippen LogP contribution in [-0.2, 0) is 9.13 Å². The Morgan fingerprint density at radius 2 is 0.941 bits per heavy atom. The summed E-state index contributed by atoms with van der Waals surface area (Å²) in [6.07, 6.45) is 0.625. The van der Waals surface area contributed by atoms with Crippen molar-refractivity contribution in [3.05, 3.63) is 0 Å². The van der Waals surface area contributed by atoms with E-state index in [1.54, 1.807) is 0 Å². The van der Waals surface area contributed by atoms with E-state index >= 15 is 0 Å². The van der Waals surface area contributed by atoms with E-state index in [4.69, 9.17) is 43.8 Å². The molecule has 0 radical (unpaired) electrons. The molecule has 0 aliphatic carbocycles. The maximum atomic E-state index is 8.88. The first-order chi connectivity index (χ1) is 5.91. The molecule has 0 atom stereocenters. The van der Waals surface area contributed by atoms with E-state index in [-0.39, 0.29) is 16.4 Å². The minimum atomic E-state index is -4.64. The minimum Gasteiger partial charge on any atom is -0.412 e. The summed E-state index contributed by atoms with van der Waals surface area (Å²) in [6, 6.07) is 1.93. The molecular weight excluding hydrogens is 288 g/mol. The lowest BCUT2D eigenvalue weighted by molar-refractivity contribution is 0.272. The van der Waals surface area contributed by atoms with Gasteiger partial charge in [-0.2, -0.15) is 5.26 Å². The van der Waals surface area contributed by atoms with Crippen LogP contribution in [0.1, 0.15) is 13.3 Å². The topological polar surface area (TPSA) is 274 Å². The van der Waals surface area contributed by atoms with Crippen molar-refractivity contribution in [3.63, 3.8) is 0 Å². The number of nitrogens with zero attached hydrogens (tertiary/aromatic N) is 1. The summed E-state index contributed by atoms with van der Waals surface area (Å²) in [7, 11) is -9.28. The standard InChI is InChI=1S/C3H5N.2H3O4P.3H2O/c1-2-3-4;2*1-5(2,3)4;;;/h2H2,1H3;2*(H3,1,2,3,4);3*1H2. The quantitative estimate of drug-likeness (QED) is 0.242. The summed E-state index contributed by atoms with van der Waals surface area (Å²) >= 11 is 0. The first-order valence-corrected chi connectivity index (χ1v) is 5.98. The molecule has 0 rings (SSSR count). The zero-order valence-electron chi connectivity index (χ0n) is 8.55. The van der Waals surface area contributed by atoms with Crippen molar-refractivity contribution in [3.8, 4) is 6.07 Å². The van der Waals surface area contributed by atoms with Crippen LogP contribution in [0.25, 0.3) is 0 Å². The molecule has 0 aromatic carbocycles. The SMILES string of the molecule is CCC#N.O.O.O.O=P(O)(O)O.O=P(O)(O)O. The lowest BCUT2D eigenvalue weighted by Crippen LogP contribution is -1.66. The molecule has 14 heteroatoms. The van der Waals surface area contributed by atoms with Gasteiger partial charge in [-0.1, -0.05) is 6.92 Å². The Labute approximate surface area is 96.2 Å². The molecule has 0 unspecified atom stereocenters. The largest absolute Gasteiger partial charge is 0.466 e. The van der Waals surface area contributed by atoms with Crippen LogP contribution < -0.4 is 0 Å². The fourth-order valence-corrected chi connectivity index (χ4v) is 0. The average Bonchev–Trinajstić information content (AvgIpc) is 1.79. The Hall–Kier alpha value is -0.410. The van der Waals surface area contributed by atoms with E-state index < -0.39 is 15.6 Å².